The molecule has 94 valence electrons. The first-order valence-corrected chi connectivity index (χ1v) is 7.03. The van der Waals surface area contributed by atoms with Gasteiger partial charge in [-0.05, 0) is 57.9 Å². The van der Waals surface area contributed by atoms with Gasteiger partial charge >= 0.3 is 0 Å². The summed E-state index contributed by atoms with van der Waals surface area (Å²) < 4.78 is 0. The highest BCUT2D eigenvalue weighted by Gasteiger charge is 2.22. The van der Waals surface area contributed by atoms with Gasteiger partial charge in [-0.15, -0.1) is 0 Å². The summed E-state index contributed by atoms with van der Waals surface area (Å²) in [6.45, 7) is 8.50. The quantitative estimate of drug-likeness (QED) is 0.736. The lowest BCUT2D eigenvalue weighted by molar-refractivity contribution is 0.251. The molecule has 0 amide bonds. The number of nitrogens with zero attached hydrogens (tertiary/aromatic N) is 2. The summed E-state index contributed by atoms with van der Waals surface area (Å²) in [6, 6.07) is 0. The second kappa shape index (κ2) is 6.58. The van der Waals surface area contributed by atoms with E-state index in [1.54, 1.807) is 0 Å². The van der Waals surface area contributed by atoms with Crippen molar-refractivity contribution in [2.75, 3.05) is 45.8 Å². The van der Waals surface area contributed by atoms with Crippen molar-refractivity contribution in [3.05, 3.63) is 0 Å². The predicted molar refractivity (Wildman–Crippen MR) is 68.5 cm³/mol. The lowest BCUT2D eigenvalue weighted by Crippen LogP contribution is -2.32. The van der Waals surface area contributed by atoms with Gasteiger partial charge in [0, 0.05) is 13.1 Å². The van der Waals surface area contributed by atoms with E-state index in [1.807, 2.05) is 0 Å². The van der Waals surface area contributed by atoms with Gasteiger partial charge in [-0.2, -0.15) is 0 Å². The summed E-state index contributed by atoms with van der Waals surface area (Å²) in [4.78, 5) is 5.25. The molecule has 0 radical (unpaired) electrons. The summed E-state index contributed by atoms with van der Waals surface area (Å²) in [6.07, 6.45) is 6.94. The Morgan fingerprint density at radius 1 is 0.938 bits per heavy atom. The van der Waals surface area contributed by atoms with E-state index in [9.17, 15) is 0 Å². The molecule has 16 heavy (non-hydrogen) atoms. The maximum absolute atomic E-state index is 5.56. The van der Waals surface area contributed by atoms with Gasteiger partial charge in [0.05, 0.1) is 0 Å². The molecule has 2 N–H and O–H groups in total. The van der Waals surface area contributed by atoms with Crippen LogP contribution < -0.4 is 5.73 Å². The number of hydrogen-bond donors (Lipinski definition) is 1. The van der Waals surface area contributed by atoms with Gasteiger partial charge in [0.2, 0.25) is 0 Å². The molecule has 3 nitrogen and oxygen atoms in total. The van der Waals surface area contributed by atoms with Crippen LogP contribution in [-0.2, 0) is 0 Å². The summed E-state index contributed by atoms with van der Waals surface area (Å²) in [5.41, 5.74) is 5.56. The molecule has 1 aliphatic heterocycles. The highest BCUT2D eigenvalue weighted by molar-refractivity contribution is 4.76. The summed E-state index contributed by atoms with van der Waals surface area (Å²) in [5, 5.41) is 0. The van der Waals surface area contributed by atoms with Gasteiger partial charge in [-0.1, -0.05) is 12.8 Å². The smallest absolute Gasteiger partial charge is 0.0109 e. The number of rotatable bonds is 6. The third-order valence-electron chi connectivity index (χ3n) is 3.91. The molecule has 0 aromatic rings. The van der Waals surface area contributed by atoms with Crippen LogP contribution in [-0.4, -0.2) is 55.6 Å². The molecule has 1 heterocycles. The molecule has 2 aliphatic rings. The van der Waals surface area contributed by atoms with Crippen LogP contribution in [0.2, 0.25) is 0 Å². The van der Waals surface area contributed by atoms with E-state index in [2.05, 4.69) is 9.80 Å². The van der Waals surface area contributed by atoms with Crippen molar-refractivity contribution >= 4 is 0 Å². The highest BCUT2D eigenvalue weighted by atomic mass is 15.2. The number of nitrogens with two attached hydrogens (primary N) is 1. The minimum Gasteiger partial charge on any atom is -0.330 e. The van der Waals surface area contributed by atoms with Crippen molar-refractivity contribution in [1.29, 1.82) is 0 Å². The fourth-order valence-electron chi connectivity index (χ4n) is 2.56. The molecule has 0 aromatic carbocycles. The second-order valence-corrected chi connectivity index (χ2v) is 5.41. The first-order valence-electron chi connectivity index (χ1n) is 7.03. The lowest BCUT2D eigenvalue weighted by Gasteiger charge is -2.21. The molecule has 2 rings (SSSR count). The van der Waals surface area contributed by atoms with E-state index in [-0.39, 0.29) is 0 Å². The van der Waals surface area contributed by atoms with Gasteiger partial charge in [-0.3, -0.25) is 0 Å². The SMILES string of the molecule is NCCCN1CCCN(CCC2CC2)CC1. The van der Waals surface area contributed by atoms with Crippen LogP contribution >= 0.6 is 0 Å². The van der Waals surface area contributed by atoms with E-state index in [0.717, 1.165) is 18.9 Å². The Morgan fingerprint density at radius 3 is 2.25 bits per heavy atom. The van der Waals surface area contributed by atoms with Crippen molar-refractivity contribution in [1.82, 2.24) is 9.80 Å². The molecule has 0 bridgehead atoms. The average Bonchev–Trinajstić information content (AvgIpc) is 3.11. The van der Waals surface area contributed by atoms with Gasteiger partial charge in [0.25, 0.3) is 0 Å². The molecule has 3 heteroatoms. The Bertz CT molecular complexity index is 192. The zero-order valence-electron chi connectivity index (χ0n) is 10.5. The monoisotopic (exact) mass is 225 g/mol. The van der Waals surface area contributed by atoms with E-state index in [4.69, 9.17) is 5.73 Å². The second-order valence-electron chi connectivity index (χ2n) is 5.41. The zero-order valence-corrected chi connectivity index (χ0v) is 10.5. The molecule has 0 spiro atoms. The first kappa shape index (κ1) is 12.3. The van der Waals surface area contributed by atoms with Crippen LogP contribution in [0.25, 0.3) is 0 Å². The van der Waals surface area contributed by atoms with Crippen molar-refractivity contribution in [2.45, 2.75) is 32.1 Å². The molecule has 0 aromatic heterocycles. The normalized spacial score (nSPS) is 24.6. The van der Waals surface area contributed by atoms with Gasteiger partial charge in [0.1, 0.15) is 0 Å². The summed E-state index contributed by atoms with van der Waals surface area (Å²) in [7, 11) is 0. The third kappa shape index (κ3) is 4.40. The van der Waals surface area contributed by atoms with Crippen molar-refractivity contribution in [3.63, 3.8) is 0 Å². The molecule has 1 saturated heterocycles. The zero-order chi connectivity index (χ0) is 11.2. The van der Waals surface area contributed by atoms with Crippen LogP contribution in [0.5, 0.6) is 0 Å². The topological polar surface area (TPSA) is 32.5 Å². The van der Waals surface area contributed by atoms with Crippen molar-refractivity contribution in [3.8, 4) is 0 Å². The Labute approximate surface area is 100.0 Å². The van der Waals surface area contributed by atoms with E-state index in [0.29, 0.717) is 0 Å². The first-order chi connectivity index (χ1) is 7.88. The molecular weight excluding hydrogens is 198 g/mol. The standard InChI is InChI=1S/C13H27N3/c14-6-1-7-15-8-2-9-16(12-11-15)10-5-13-3-4-13/h13H,1-12,14H2. The Balaban J connectivity index is 1.61. The Kier molecular flexibility index (Phi) is 5.07. The molecular formula is C13H27N3. The van der Waals surface area contributed by atoms with Crippen LogP contribution in [0.1, 0.15) is 32.1 Å². The summed E-state index contributed by atoms with van der Waals surface area (Å²) >= 11 is 0. The minimum atomic E-state index is 0.835. The maximum atomic E-state index is 5.56. The Morgan fingerprint density at radius 2 is 1.62 bits per heavy atom. The minimum absolute atomic E-state index is 0.835. The molecule has 1 saturated carbocycles. The van der Waals surface area contributed by atoms with Crippen LogP contribution in [0.3, 0.4) is 0 Å². The predicted octanol–water partition coefficient (Wildman–Crippen LogP) is 1.14. The van der Waals surface area contributed by atoms with Gasteiger partial charge < -0.3 is 15.5 Å². The maximum Gasteiger partial charge on any atom is 0.0109 e. The van der Waals surface area contributed by atoms with Crippen molar-refractivity contribution in [2.24, 2.45) is 11.7 Å². The van der Waals surface area contributed by atoms with Crippen LogP contribution in [0.15, 0.2) is 0 Å². The molecule has 0 atom stereocenters. The summed E-state index contributed by atoms with van der Waals surface area (Å²) in [5.74, 6) is 1.08. The van der Waals surface area contributed by atoms with Crippen molar-refractivity contribution < 1.29 is 0 Å². The fraction of sp³-hybridized carbons (Fsp3) is 1.00. The molecule has 1 aliphatic carbocycles. The Hall–Kier alpha value is -0.120. The fourth-order valence-corrected chi connectivity index (χ4v) is 2.56. The van der Waals surface area contributed by atoms with E-state index in [1.165, 1.54) is 65.0 Å². The van der Waals surface area contributed by atoms with Crippen LogP contribution in [0.4, 0.5) is 0 Å². The van der Waals surface area contributed by atoms with Crippen LogP contribution in [0, 0.1) is 5.92 Å². The van der Waals surface area contributed by atoms with Gasteiger partial charge in [-0.25, -0.2) is 0 Å². The number of hydrogen-bond acceptors (Lipinski definition) is 3. The molecule has 2 fully saturated rings. The largest absolute Gasteiger partial charge is 0.330 e. The van der Waals surface area contributed by atoms with E-state index < -0.39 is 0 Å². The highest BCUT2D eigenvalue weighted by Crippen LogP contribution is 2.32. The van der Waals surface area contributed by atoms with Gasteiger partial charge in [0.15, 0.2) is 0 Å². The lowest BCUT2D eigenvalue weighted by atomic mass is 10.2. The third-order valence-corrected chi connectivity index (χ3v) is 3.91. The molecule has 0 unspecified atom stereocenters. The average molecular weight is 225 g/mol. The van der Waals surface area contributed by atoms with E-state index >= 15 is 0 Å².